The van der Waals surface area contributed by atoms with Gasteiger partial charge in [-0.15, -0.1) is 0 Å². The van der Waals surface area contributed by atoms with Crippen LogP contribution in [-0.4, -0.2) is 60.8 Å². The van der Waals surface area contributed by atoms with Gasteiger partial charge in [0.25, 0.3) is 0 Å². The summed E-state index contributed by atoms with van der Waals surface area (Å²) in [6.07, 6.45) is 3.36. The second kappa shape index (κ2) is 8.52. The highest BCUT2D eigenvalue weighted by Gasteiger charge is 2.18. The van der Waals surface area contributed by atoms with Gasteiger partial charge in [-0.25, -0.2) is 0 Å². The van der Waals surface area contributed by atoms with E-state index in [9.17, 15) is 5.11 Å². The summed E-state index contributed by atoms with van der Waals surface area (Å²) in [6.45, 7) is 7.20. The van der Waals surface area contributed by atoms with Crippen LogP contribution in [0.3, 0.4) is 0 Å². The van der Waals surface area contributed by atoms with E-state index in [-0.39, 0.29) is 6.10 Å². The minimum atomic E-state index is -0.237. The van der Waals surface area contributed by atoms with E-state index in [1.807, 2.05) is 0 Å². The van der Waals surface area contributed by atoms with Crippen molar-refractivity contribution in [2.24, 2.45) is 5.92 Å². The summed E-state index contributed by atoms with van der Waals surface area (Å²) in [4.78, 5) is 4.65. The number of aliphatic hydroxyl groups excluding tert-OH is 1. The number of rotatable bonds is 7. The number of nitrogens with zero attached hydrogens (tertiary/aromatic N) is 2. The second-order valence-corrected chi connectivity index (χ2v) is 6.63. The third-order valence-electron chi connectivity index (χ3n) is 4.49. The van der Waals surface area contributed by atoms with Gasteiger partial charge in [-0.2, -0.15) is 0 Å². The molecular formula is C18H30N2O. The first-order valence-electron chi connectivity index (χ1n) is 8.26. The maximum absolute atomic E-state index is 10.3. The van der Waals surface area contributed by atoms with Crippen LogP contribution in [0.1, 0.15) is 25.3 Å². The smallest absolute Gasteiger partial charge is 0.0793 e. The Kier molecular flexibility index (Phi) is 6.68. The quantitative estimate of drug-likeness (QED) is 0.834. The zero-order chi connectivity index (χ0) is 15.1. The first-order chi connectivity index (χ1) is 10.1. The lowest BCUT2D eigenvalue weighted by molar-refractivity contribution is 0.0681. The molecule has 3 heteroatoms. The summed E-state index contributed by atoms with van der Waals surface area (Å²) < 4.78 is 0. The zero-order valence-corrected chi connectivity index (χ0v) is 13.5. The highest BCUT2D eigenvalue weighted by Crippen LogP contribution is 2.16. The Morgan fingerprint density at radius 3 is 2.57 bits per heavy atom. The Labute approximate surface area is 129 Å². The molecule has 1 N–H and O–H groups in total. The molecule has 1 aromatic rings. The maximum Gasteiger partial charge on any atom is 0.0793 e. The first-order valence-corrected chi connectivity index (χ1v) is 8.26. The van der Waals surface area contributed by atoms with Gasteiger partial charge in [0.05, 0.1) is 6.10 Å². The second-order valence-electron chi connectivity index (χ2n) is 6.63. The molecule has 1 heterocycles. The van der Waals surface area contributed by atoms with Gasteiger partial charge in [-0.05, 0) is 50.9 Å². The lowest BCUT2D eigenvalue weighted by Crippen LogP contribution is -2.42. The van der Waals surface area contributed by atoms with Crippen molar-refractivity contribution in [1.82, 2.24) is 9.80 Å². The van der Waals surface area contributed by atoms with Gasteiger partial charge in [-0.1, -0.05) is 37.3 Å². The lowest BCUT2D eigenvalue weighted by Gasteiger charge is -2.32. The van der Waals surface area contributed by atoms with E-state index in [2.05, 4.69) is 54.1 Å². The van der Waals surface area contributed by atoms with Crippen LogP contribution in [0.2, 0.25) is 0 Å². The Balaban J connectivity index is 1.64. The molecule has 1 fully saturated rings. The van der Waals surface area contributed by atoms with E-state index >= 15 is 0 Å². The highest BCUT2D eigenvalue weighted by molar-refractivity contribution is 5.14. The van der Waals surface area contributed by atoms with Crippen molar-refractivity contribution in [3.8, 4) is 0 Å². The van der Waals surface area contributed by atoms with Crippen LogP contribution in [0.25, 0.3) is 0 Å². The number of likely N-dealkylation sites (N-methyl/N-ethyl adjacent to an activating group) is 1. The molecule has 0 aromatic heterocycles. The Hall–Kier alpha value is -0.900. The van der Waals surface area contributed by atoms with Crippen LogP contribution in [0.4, 0.5) is 0 Å². The van der Waals surface area contributed by atoms with Crippen LogP contribution in [-0.2, 0) is 6.42 Å². The number of β-amino-alcohol motifs (C(OH)–C–C–N with tert-alkyl or cyclic N) is 1. The predicted octanol–water partition coefficient (Wildman–Crippen LogP) is 2.25. The van der Waals surface area contributed by atoms with Crippen LogP contribution >= 0.6 is 0 Å². The molecule has 1 atom stereocenters. The van der Waals surface area contributed by atoms with Gasteiger partial charge in [0, 0.05) is 19.6 Å². The average Bonchev–Trinajstić information content (AvgIpc) is 2.48. The molecule has 21 heavy (non-hydrogen) atoms. The molecule has 2 rings (SSSR count). The van der Waals surface area contributed by atoms with Gasteiger partial charge in [-0.3, -0.25) is 0 Å². The summed E-state index contributed by atoms with van der Waals surface area (Å²) in [5.74, 6) is 0.854. The van der Waals surface area contributed by atoms with Crippen molar-refractivity contribution in [3.63, 3.8) is 0 Å². The molecule has 0 radical (unpaired) electrons. The summed E-state index contributed by atoms with van der Waals surface area (Å²) in [5.41, 5.74) is 1.36. The summed E-state index contributed by atoms with van der Waals surface area (Å²) in [7, 11) is 2.10. The van der Waals surface area contributed by atoms with Crippen molar-refractivity contribution in [1.29, 1.82) is 0 Å². The van der Waals surface area contributed by atoms with Gasteiger partial charge < -0.3 is 14.9 Å². The van der Waals surface area contributed by atoms with Crippen molar-refractivity contribution >= 4 is 0 Å². The summed E-state index contributed by atoms with van der Waals surface area (Å²) in [5, 5.41) is 10.3. The van der Waals surface area contributed by atoms with E-state index in [4.69, 9.17) is 0 Å². The fourth-order valence-electron chi connectivity index (χ4n) is 3.02. The number of benzene rings is 1. The number of hydrogen-bond acceptors (Lipinski definition) is 3. The van der Waals surface area contributed by atoms with Gasteiger partial charge in [0.2, 0.25) is 0 Å². The molecule has 1 unspecified atom stereocenters. The largest absolute Gasteiger partial charge is 0.390 e. The van der Waals surface area contributed by atoms with E-state index < -0.39 is 0 Å². The standard InChI is InChI=1S/C18H30N2O/c1-16-8-12-20(13-9-16)15-18(21)14-19(2)11-10-17-6-4-3-5-7-17/h3-7,16,18,21H,8-15H2,1-2H3. The van der Waals surface area contributed by atoms with E-state index in [1.54, 1.807) is 0 Å². The topological polar surface area (TPSA) is 26.7 Å². The van der Waals surface area contributed by atoms with Crippen LogP contribution in [0, 0.1) is 5.92 Å². The highest BCUT2D eigenvalue weighted by atomic mass is 16.3. The van der Waals surface area contributed by atoms with Crippen molar-refractivity contribution in [3.05, 3.63) is 35.9 Å². The molecule has 1 aromatic carbocycles. The molecule has 0 spiro atoms. The minimum absolute atomic E-state index is 0.237. The Bertz CT molecular complexity index is 387. The molecule has 1 aliphatic rings. The van der Waals surface area contributed by atoms with Crippen LogP contribution in [0.15, 0.2) is 30.3 Å². The van der Waals surface area contributed by atoms with Gasteiger partial charge in [0.1, 0.15) is 0 Å². The van der Waals surface area contributed by atoms with Crippen LogP contribution in [0.5, 0.6) is 0 Å². The monoisotopic (exact) mass is 290 g/mol. The average molecular weight is 290 g/mol. The summed E-state index contributed by atoms with van der Waals surface area (Å²) >= 11 is 0. The first kappa shape index (κ1) is 16.5. The molecule has 0 saturated carbocycles. The van der Waals surface area contributed by atoms with Crippen LogP contribution < -0.4 is 0 Å². The summed E-state index contributed by atoms with van der Waals surface area (Å²) in [6, 6.07) is 10.6. The predicted molar refractivity (Wildman–Crippen MR) is 88.5 cm³/mol. The molecule has 0 bridgehead atoms. The SMILES string of the molecule is CC1CCN(CC(O)CN(C)CCc2ccccc2)CC1. The number of likely N-dealkylation sites (tertiary alicyclic amines) is 1. The molecular weight excluding hydrogens is 260 g/mol. The molecule has 1 saturated heterocycles. The number of piperidine rings is 1. The Morgan fingerprint density at radius 2 is 1.90 bits per heavy atom. The van der Waals surface area contributed by atoms with Crippen molar-refractivity contribution in [2.75, 3.05) is 39.8 Å². The normalized spacial score (nSPS) is 19.0. The molecule has 0 amide bonds. The fourth-order valence-corrected chi connectivity index (χ4v) is 3.02. The van der Waals surface area contributed by atoms with Gasteiger partial charge in [0.15, 0.2) is 0 Å². The van der Waals surface area contributed by atoms with Gasteiger partial charge >= 0.3 is 0 Å². The maximum atomic E-state index is 10.3. The zero-order valence-electron chi connectivity index (χ0n) is 13.5. The van der Waals surface area contributed by atoms with Crippen molar-refractivity contribution in [2.45, 2.75) is 32.3 Å². The van der Waals surface area contributed by atoms with E-state index in [0.29, 0.717) is 0 Å². The minimum Gasteiger partial charge on any atom is -0.390 e. The number of hydrogen-bond donors (Lipinski definition) is 1. The molecule has 0 aliphatic carbocycles. The third-order valence-corrected chi connectivity index (χ3v) is 4.49. The van der Waals surface area contributed by atoms with E-state index in [0.717, 1.165) is 45.1 Å². The molecule has 118 valence electrons. The van der Waals surface area contributed by atoms with Crippen molar-refractivity contribution < 1.29 is 5.11 Å². The molecule has 3 nitrogen and oxygen atoms in total. The fraction of sp³-hybridized carbons (Fsp3) is 0.667. The van der Waals surface area contributed by atoms with E-state index in [1.165, 1.54) is 18.4 Å². The molecule has 1 aliphatic heterocycles. The number of aliphatic hydroxyl groups is 1. The lowest BCUT2D eigenvalue weighted by atomic mass is 9.99. The Morgan fingerprint density at radius 1 is 1.24 bits per heavy atom. The third kappa shape index (κ3) is 6.16.